The first-order valence-electron chi connectivity index (χ1n) is 7.59. The van der Waals surface area contributed by atoms with Crippen LogP contribution in [0.25, 0.3) is 0 Å². The van der Waals surface area contributed by atoms with Gasteiger partial charge < -0.3 is 4.74 Å². The molecule has 0 spiro atoms. The number of hydrogen-bond donors (Lipinski definition) is 1. The lowest BCUT2D eigenvalue weighted by Gasteiger charge is -2.36. The summed E-state index contributed by atoms with van der Waals surface area (Å²) in [4.78, 5) is 12.0. The van der Waals surface area contributed by atoms with Gasteiger partial charge in [-0.2, -0.15) is 0 Å². The number of hydrogen-bond acceptors (Lipinski definition) is 2. The van der Waals surface area contributed by atoms with E-state index in [-0.39, 0.29) is 12.2 Å². The van der Waals surface area contributed by atoms with Crippen molar-refractivity contribution in [2.75, 3.05) is 5.32 Å². The molecule has 3 heteroatoms. The molecule has 3 atom stereocenters. The average molecular weight is 275 g/mol. The molecule has 0 bridgehead atoms. The monoisotopic (exact) mass is 275 g/mol. The first-order chi connectivity index (χ1) is 9.56. The second kappa shape index (κ2) is 6.78. The molecule has 1 amide bonds. The van der Waals surface area contributed by atoms with Gasteiger partial charge in [-0.25, -0.2) is 4.79 Å². The molecule has 1 aromatic carbocycles. The molecule has 1 aliphatic carbocycles. The molecule has 1 N–H and O–H groups in total. The zero-order chi connectivity index (χ0) is 14.5. The molecule has 1 aliphatic rings. The number of benzene rings is 1. The second-order valence-corrected chi connectivity index (χ2v) is 6.26. The fourth-order valence-electron chi connectivity index (χ4n) is 3.06. The average Bonchev–Trinajstić information content (AvgIpc) is 2.39. The Balaban J connectivity index is 1.94. The van der Waals surface area contributed by atoms with E-state index in [1.54, 1.807) is 0 Å². The summed E-state index contributed by atoms with van der Waals surface area (Å²) in [5.74, 6) is 1.67. The summed E-state index contributed by atoms with van der Waals surface area (Å²) < 4.78 is 5.69. The summed E-state index contributed by atoms with van der Waals surface area (Å²) in [6.45, 7) is 6.67. The molecule has 110 valence electrons. The van der Waals surface area contributed by atoms with Crippen molar-refractivity contribution in [3.63, 3.8) is 0 Å². The van der Waals surface area contributed by atoms with Crippen LogP contribution in [-0.4, -0.2) is 12.2 Å². The van der Waals surface area contributed by atoms with E-state index < -0.39 is 0 Å². The Bertz CT molecular complexity index is 430. The number of amides is 1. The maximum absolute atomic E-state index is 12.0. The van der Waals surface area contributed by atoms with Gasteiger partial charge in [0, 0.05) is 5.69 Å². The lowest BCUT2D eigenvalue weighted by molar-refractivity contribution is 0.0126. The Morgan fingerprint density at radius 2 is 1.95 bits per heavy atom. The fraction of sp³-hybridized carbons (Fsp3) is 0.588. The van der Waals surface area contributed by atoms with Crippen molar-refractivity contribution < 1.29 is 9.53 Å². The van der Waals surface area contributed by atoms with Crippen LogP contribution in [0.1, 0.15) is 40.0 Å². The number of rotatable bonds is 3. The van der Waals surface area contributed by atoms with Crippen molar-refractivity contribution in [3.8, 4) is 0 Å². The number of carbonyl (C=O) groups excluding carboxylic acids is 1. The van der Waals surface area contributed by atoms with Gasteiger partial charge in [-0.15, -0.1) is 0 Å². The van der Waals surface area contributed by atoms with Gasteiger partial charge in [-0.1, -0.05) is 45.4 Å². The Labute approximate surface area is 121 Å². The standard InChI is InChI=1S/C17H25NO2/c1-12(2)15-10-9-13(3)11-16(15)20-17(19)18-14-7-5-4-6-8-14/h4-8,12-13,15-16H,9-11H2,1-3H3,(H,18,19)/t13-,15-,16-/m1/s1. The third-order valence-corrected chi connectivity index (χ3v) is 4.24. The normalized spacial score (nSPS) is 26.3. The van der Waals surface area contributed by atoms with Crippen LogP contribution in [0.5, 0.6) is 0 Å². The van der Waals surface area contributed by atoms with Gasteiger partial charge in [0.25, 0.3) is 0 Å². The van der Waals surface area contributed by atoms with Crippen LogP contribution in [0.3, 0.4) is 0 Å². The zero-order valence-corrected chi connectivity index (χ0v) is 12.6. The summed E-state index contributed by atoms with van der Waals surface area (Å²) in [6.07, 6.45) is 3.08. The number of para-hydroxylation sites is 1. The van der Waals surface area contributed by atoms with Crippen LogP contribution < -0.4 is 5.32 Å². The highest BCUT2D eigenvalue weighted by Gasteiger charge is 2.33. The highest BCUT2D eigenvalue weighted by Crippen LogP contribution is 2.35. The van der Waals surface area contributed by atoms with E-state index >= 15 is 0 Å². The van der Waals surface area contributed by atoms with Crippen molar-refractivity contribution in [2.45, 2.75) is 46.1 Å². The molecule has 20 heavy (non-hydrogen) atoms. The molecule has 0 aliphatic heterocycles. The van der Waals surface area contributed by atoms with Gasteiger partial charge in [-0.05, 0) is 42.7 Å². The van der Waals surface area contributed by atoms with E-state index in [0.29, 0.717) is 17.8 Å². The minimum absolute atomic E-state index is 0.0439. The molecule has 0 saturated heterocycles. The number of anilines is 1. The van der Waals surface area contributed by atoms with E-state index in [4.69, 9.17) is 4.74 Å². The van der Waals surface area contributed by atoms with Crippen molar-refractivity contribution in [2.24, 2.45) is 17.8 Å². The van der Waals surface area contributed by atoms with Crippen LogP contribution in [-0.2, 0) is 4.74 Å². The van der Waals surface area contributed by atoms with Crippen molar-refractivity contribution >= 4 is 11.8 Å². The van der Waals surface area contributed by atoms with Gasteiger partial charge in [0.1, 0.15) is 6.10 Å². The first-order valence-corrected chi connectivity index (χ1v) is 7.59. The van der Waals surface area contributed by atoms with Crippen LogP contribution >= 0.6 is 0 Å². The first kappa shape index (κ1) is 14.9. The van der Waals surface area contributed by atoms with Gasteiger partial charge >= 0.3 is 6.09 Å². The van der Waals surface area contributed by atoms with Crippen LogP contribution in [0, 0.1) is 17.8 Å². The minimum atomic E-state index is -0.332. The number of nitrogens with one attached hydrogen (secondary N) is 1. The second-order valence-electron chi connectivity index (χ2n) is 6.26. The van der Waals surface area contributed by atoms with Crippen molar-refractivity contribution in [1.29, 1.82) is 0 Å². The smallest absolute Gasteiger partial charge is 0.411 e. The van der Waals surface area contributed by atoms with E-state index in [1.807, 2.05) is 30.3 Å². The Morgan fingerprint density at radius 1 is 1.25 bits per heavy atom. The van der Waals surface area contributed by atoms with E-state index in [0.717, 1.165) is 18.5 Å². The lowest BCUT2D eigenvalue weighted by atomic mass is 9.75. The molecule has 1 saturated carbocycles. The summed E-state index contributed by atoms with van der Waals surface area (Å²) in [5, 5.41) is 2.80. The molecular weight excluding hydrogens is 250 g/mol. The summed E-state index contributed by atoms with van der Waals surface area (Å²) >= 11 is 0. The Morgan fingerprint density at radius 3 is 2.60 bits per heavy atom. The summed E-state index contributed by atoms with van der Waals surface area (Å²) in [6, 6.07) is 9.45. The third kappa shape index (κ3) is 3.99. The Hall–Kier alpha value is -1.51. The van der Waals surface area contributed by atoms with Gasteiger partial charge in [0.2, 0.25) is 0 Å². The van der Waals surface area contributed by atoms with Crippen molar-refractivity contribution in [1.82, 2.24) is 0 Å². The van der Waals surface area contributed by atoms with Crippen LogP contribution in [0.4, 0.5) is 10.5 Å². The van der Waals surface area contributed by atoms with E-state index in [9.17, 15) is 4.79 Å². The molecule has 1 aromatic rings. The Kier molecular flexibility index (Phi) is 5.05. The zero-order valence-electron chi connectivity index (χ0n) is 12.6. The maximum atomic E-state index is 12.0. The molecule has 0 unspecified atom stereocenters. The molecule has 0 heterocycles. The van der Waals surface area contributed by atoms with Gasteiger partial charge in [-0.3, -0.25) is 5.32 Å². The number of carbonyl (C=O) groups is 1. The molecule has 0 radical (unpaired) electrons. The molecule has 3 nitrogen and oxygen atoms in total. The van der Waals surface area contributed by atoms with Crippen LogP contribution in [0.2, 0.25) is 0 Å². The quantitative estimate of drug-likeness (QED) is 0.868. The molecule has 0 aromatic heterocycles. The topological polar surface area (TPSA) is 38.3 Å². The number of ether oxygens (including phenoxy) is 1. The fourth-order valence-corrected chi connectivity index (χ4v) is 3.06. The van der Waals surface area contributed by atoms with Gasteiger partial charge in [0.05, 0.1) is 0 Å². The molecule has 1 fully saturated rings. The minimum Gasteiger partial charge on any atom is -0.446 e. The SMILES string of the molecule is CC(C)[C@H]1CC[C@@H](C)C[C@H]1OC(=O)Nc1ccccc1. The third-order valence-electron chi connectivity index (χ3n) is 4.24. The van der Waals surface area contributed by atoms with Crippen molar-refractivity contribution in [3.05, 3.63) is 30.3 Å². The maximum Gasteiger partial charge on any atom is 0.411 e. The highest BCUT2D eigenvalue weighted by molar-refractivity contribution is 5.84. The predicted molar refractivity (Wildman–Crippen MR) is 81.7 cm³/mol. The van der Waals surface area contributed by atoms with E-state index in [1.165, 1.54) is 6.42 Å². The predicted octanol–water partition coefficient (Wildman–Crippen LogP) is 4.70. The lowest BCUT2D eigenvalue weighted by Crippen LogP contribution is -2.36. The van der Waals surface area contributed by atoms with E-state index in [2.05, 4.69) is 26.1 Å². The largest absolute Gasteiger partial charge is 0.446 e. The summed E-state index contributed by atoms with van der Waals surface area (Å²) in [5.41, 5.74) is 0.780. The van der Waals surface area contributed by atoms with Gasteiger partial charge in [0.15, 0.2) is 0 Å². The molecule has 2 rings (SSSR count). The highest BCUT2D eigenvalue weighted by atomic mass is 16.6. The summed E-state index contributed by atoms with van der Waals surface area (Å²) in [7, 11) is 0. The van der Waals surface area contributed by atoms with Crippen LogP contribution in [0.15, 0.2) is 30.3 Å². The molecular formula is C17H25NO2.